The fraction of sp³-hybridized carbons (Fsp3) is 0.444. The van der Waals surface area contributed by atoms with Gasteiger partial charge in [-0.2, -0.15) is 0 Å². The second kappa shape index (κ2) is 12.4. The molecular weight excluding hydrogens is 404 g/mol. The number of allylic oxidation sites excluding steroid dienone is 2. The van der Waals surface area contributed by atoms with Crippen LogP contribution in [0, 0.1) is 11.3 Å². The summed E-state index contributed by atoms with van der Waals surface area (Å²) in [4.78, 5) is 12.9. The van der Waals surface area contributed by atoms with Crippen LogP contribution in [0.4, 0.5) is 0 Å². The number of rotatable bonds is 12. The van der Waals surface area contributed by atoms with E-state index in [1.54, 1.807) is 7.11 Å². The first-order chi connectivity index (χ1) is 15.7. The predicted octanol–water partition coefficient (Wildman–Crippen LogP) is 5.33. The zero-order valence-electron chi connectivity index (χ0n) is 19.1. The van der Waals surface area contributed by atoms with Gasteiger partial charge in [0.2, 0.25) is 0 Å². The van der Waals surface area contributed by atoms with Gasteiger partial charge in [0.05, 0.1) is 39.5 Å². The van der Waals surface area contributed by atoms with Gasteiger partial charge in [-0.25, -0.2) is 0 Å². The van der Waals surface area contributed by atoms with Crippen molar-refractivity contribution >= 4 is 5.97 Å². The smallest absolute Gasteiger partial charge is 0.312 e. The molecule has 172 valence electrons. The van der Waals surface area contributed by atoms with Crippen molar-refractivity contribution in [1.29, 1.82) is 0 Å². The SMILES string of the molecule is COC(=O)[C@]1(CCCOCc2ccc(OC)cc2)CC=CC[C@@H]1COCc1ccccc1. The minimum absolute atomic E-state index is 0.0882. The third kappa shape index (κ3) is 6.44. The Bertz CT molecular complexity index is 846. The molecule has 2 aromatic rings. The highest BCUT2D eigenvalue weighted by atomic mass is 16.5. The first-order valence-electron chi connectivity index (χ1n) is 11.2. The number of esters is 1. The Hall–Kier alpha value is -2.63. The molecule has 0 saturated carbocycles. The van der Waals surface area contributed by atoms with Crippen molar-refractivity contribution in [2.75, 3.05) is 27.4 Å². The number of methoxy groups -OCH3 is 2. The third-order valence-electron chi connectivity index (χ3n) is 6.21. The average Bonchev–Trinajstić information content (AvgIpc) is 2.85. The molecule has 0 spiro atoms. The molecule has 0 bridgehead atoms. The van der Waals surface area contributed by atoms with Gasteiger partial charge >= 0.3 is 5.97 Å². The number of hydrogen-bond acceptors (Lipinski definition) is 5. The molecule has 0 radical (unpaired) electrons. The van der Waals surface area contributed by atoms with Crippen molar-refractivity contribution in [3.05, 3.63) is 77.9 Å². The van der Waals surface area contributed by atoms with Gasteiger partial charge in [0.15, 0.2) is 0 Å². The molecule has 1 aliphatic carbocycles. The van der Waals surface area contributed by atoms with Crippen LogP contribution in [0.15, 0.2) is 66.7 Å². The van der Waals surface area contributed by atoms with Gasteiger partial charge in [0.1, 0.15) is 5.75 Å². The van der Waals surface area contributed by atoms with E-state index in [0.29, 0.717) is 39.3 Å². The fourth-order valence-electron chi connectivity index (χ4n) is 4.33. The lowest BCUT2D eigenvalue weighted by atomic mass is 9.66. The molecule has 3 rings (SSSR count). The maximum atomic E-state index is 12.9. The van der Waals surface area contributed by atoms with E-state index in [4.69, 9.17) is 18.9 Å². The largest absolute Gasteiger partial charge is 0.497 e. The first-order valence-corrected chi connectivity index (χ1v) is 11.2. The van der Waals surface area contributed by atoms with Crippen LogP contribution in [0.3, 0.4) is 0 Å². The molecule has 0 aromatic heterocycles. The molecule has 0 N–H and O–H groups in total. The standard InChI is InChI=1S/C27H34O5/c1-29-25-14-12-23(13-15-25)19-31-18-8-17-27(26(28)30-2)16-7-6-11-24(27)21-32-20-22-9-4-3-5-10-22/h3-7,9-10,12-15,24H,8,11,16-21H2,1-2H3/t24-,27+/m1/s1. The van der Waals surface area contributed by atoms with Gasteiger partial charge in [-0.05, 0) is 48.9 Å². The molecule has 0 amide bonds. The van der Waals surface area contributed by atoms with Crippen LogP contribution in [0.1, 0.15) is 36.8 Å². The fourth-order valence-corrected chi connectivity index (χ4v) is 4.33. The quantitative estimate of drug-likeness (QED) is 0.255. The Labute approximate surface area is 191 Å². The molecule has 0 saturated heterocycles. The van der Waals surface area contributed by atoms with Gasteiger partial charge in [-0.3, -0.25) is 4.79 Å². The Balaban J connectivity index is 1.53. The lowest BCUT2D eigenvalue weighted by Crippen LogP contribution is -2.43. The van der Waals surface area contributed by atoms with Crippen LogP contribution in [0.25, 0.3) is 0 Å². The van der Waals surface area contributed by atoms with Crippen molar-refractivity contribution in [3.63, 3.8) is 0 Å². The summed E-state index contributed by atoms with van der Waals surface area (Å²) in [6.07, 6.45) is 7.25. The van der Waals surface area contributed by atoms with Crippen LogP contribution in [-0.4, -0.2) is 33.4 Å². The normalized spacial score (nSPS) is 20.1. The zero-order valence-corrected chi connectivity index (χ0v) is 19.1. The van der Waals surface area contributed by atoms with Gasteiger partial charge < -0.3 is 18.9 Å². The molecule has 0 heterocycles. The van der Waals surface area contributed by atoms with E-state index in [1.165, 1.54) is 7.11 Å². The molecule has 0 aliphatic heterocycles. The highest BCUT2D eigenvalue weighted by Gasteiger charge is 2.46. The van der Waals surface area contributed by atoms with Crippen LogP contribution in [0.5, 0.6) is 5.75 Å². The summed E-state index contributed by atoms with van der Waals surface area (Å²) < 4.78 is 22.3. The van der Waals surface area contributed by atoms with E-state index in [1.807, 2.05) is 42.5 Å². The van der Waals surface area contributed by atoms with E-state index in [2.05, 4.69) is 24.3 Å². The summed E-state index contributed by atoms with van der Waals surface area (Å²) in [6.45, 7) is 2.20. The monoisotopic (exact) mass is 438 g/mol. The molecule has 2 aromatic carbocycles. The predicted molar refractivity (Wildman–Crippen MR) is 124 cm³/mol. The van der Waals surface area contributed by atoms with E-state index >= 15 is 0 Å². The first kappa shape index (κ1) is 24.0. The van der Waals surface area contributed by atoms with Gasteiger partial charge in [-0.1, -0.05) is 54.6 Å². The average molecular weight is 439 g/mol. The Morgan fingerprint density at radius 2 is 1.66 bits per heavy atom. The Kier molecular flexibility index (Phi) is 9.32. The van der Waals surface area contributed by atoms with E-state index in [0.717, 1.165) is 29.7 Å². The van der Waals surface area contributed by atoms with Crippen molar-refractivity contribution in [2.45, 2.75) is 38.9 Å². The van der Waals surface area contributed by atoms with Crippen LogP contribution < -0.4 is 4.74 Å². The summed E-state index contributed by atoms with van der Waals surface area (Å²) in [7, 11) is 3.13. The van der Waals surface area contributed by atoms with Crippen LogP contribution in [-0.2, 0) is 32.2 Å². The lowest BCUT2D eigenvalue weighted by molar-refractivity contribution is -0.160. The molecule has 5 heteroatoms. The summed E-state index contributed by atoms with van der Waals surface area (Å²) in [5.74, 6) is 0.773. The molecule has 5 nitrogen and oxygen atoms in total. The maximum absolute atomic E-state index is 12.9. The summed E-state index contributed by atoms with van der Waals surface area (Å²) >= 11 is 0. The summed E-state index contributed by atoms with van der Waals surface area (Å²) in [5, 5.41) is 0. The Morgan fingerprint density at radius 1 is 0.938 bits per heavy atom. The number of carbonyl (C=O) groups is 1. The second-order valence-corrected chi connectivity index (χ2v) is 8.26. The van der Waals surface area contributed by atoms with Gasteiger partial charge in [0.25, 0.3) is 0 Å². The van der Waals surface area contributed by atoms with E-state index in [9.17, 15) is 4.79 Å². The topological polar surface area (TPSA) is 54.0 Å². The molecule has 0 fully saturated rings. The van der Waals surface area contributed by atoms with Crippen LogP contribution >= 0.6 is 0 Å². The number of hydrogen-bond donors (Lipinski definition) is 0. The number of carbonyl (C=O) groups excluding carboxylic acids is 1. The summed E-state index contributed by atoms with van der Waals surface area (Å²) in [6, 6.07) is 18.0. The van der Waals surface area contributed by atoms with E-state index < -0.39 is 5.41 Å². The number of ether oxygens (including phenoxy) is 4. The van der Waals surface area contributed by atoms with Crippen molar-refractivity contribution in [1.82, 2.24) is 0 Å². The molecule has 2 atom stereocenters. The highest BCUT2D eigenvalue weighted by Crippen LogP contribution is 2.43. The second-order valence-electron chi connectivity index (χ2n) is 8.26. The lowest BCUT2D eigenvalue weighted by Gasteiger charge is -2.39. The van der Waals surface area contributed by atoms with Crippen molar-refractivity contribution in [2.24, 2.45) is 11.3 Å². The molecule has 32 heavy (non-hydrogen) atoms. The van der Waals surface area contributed by atoms with Gasteiger partial charge in [0, 0.05) is 12.5 Å². The third-order valence-corrected chi connectivity index (χ3v) is 6.21. The van der Waals surface area contributed by atoms with Crippen molar-refractivity contribution in [3.8, 4) is 5.75 Å². The van der Waals surface area contributed by atoms with Crippen LogP contribution in [0.2, 0.25) is 0 Å². The van der Waals surface area contributed by atoms with E-state index in [-0.39, 0.29) is 11.9 Å². The minimum Gasteiger partial charge on any atom is -0.497 e. The zero-order chi connectivity index (χ0) is 22.7. The Morgan fingerprint density at radius 3 is 2.38 bits per heavy atom. The molecule has 0 unspecified atom stereocenters. The van der Waals surface area contributed by atoms with Crippen molar-refractivity contribution < 1.29 is 23.7 Å². The molecular formula is C27H34O5. The highest BCUT2D eigenvalue weighted by molar-refractivity contribution is 5.77. The molecule has 1 aliphatic rings. The summed E-state index contributed by atoms with van der Waals surface area (Å²) in [5.41, 5.74) is 1.67. The maximum Gasteiger partial charge on any atom is 0.312 e. The number of benzene rings is 2. The minimum atomic E-state index is -0.566. The van der Waals surface area contributed by atoms with Gasteiger partial charge in [-0.15, -0.1) is 0 Å².